The first kappa shape index (κ1) is 19.2. The number of nitrogens with one attached hydrogen (secondary N) is 1. The molecule has 0 aliphatic rings. The van der Waals surface area contributed by atoms with Crippen LogP contribution in [-0.4, -0.2) is 17.8 Å². The Morgan fingerprint density at radius 2 is 1.41 bits per heavy atom. The van der Waals surface area contributed by atoms with E-state index in [9.17, 15) is 5.11 Å². The van der Waals surface area contributed by atoms with Crippen molar-refractivity contribution < 1.29 is 9.84 Å². The summed E-state index contributed by atoms with van der Waals surface area (Å²) in [6, 6.07) is 28.4. The maximum absolute atomic E-state index is 10.1. The van der Waals surface area contributed by atoms with Gasteiger partial charge in [-0.15, -0.1) is 0 Å². The summed E-state index contributed by atoms with van der Waals surface area (Å²) in [5.74, 6) is 0.854. The lowest BCUT2D eigenvalue weighted by Gasteiger charge is -2.12. The van der Waals surface area contributed by atoms with Gasteiger partial charge in [-0.25, -0.2) is 0 Å². The minimum absolute atomic E-state index is 0.470. The van der Waals surface area contributed by atoms with E-state index in [1.807, 2.05) is 67.1 Å². The first-order valence-corrected chi connectivity index (χ1v) is 9.31. The second kappa shape index (κ2) is 10.5. The molecule has 0 fully saturated rings. The Bertz CT molecular complexity index is 772. The van der Waals surface area contributed by atoms with E-state index in [0.29, 0.717) is 13.2 Å². The normalized spacial score (nSPS) is 11.9. The topological polar surface area (TPSA) is 41.5 Å². The van der Waals surface area contributed by atoms with Crippen LogP contribution in [0.3, 0.4) is 0 Å². The summed E-state index contributed by atoms with van der Waals surface area (Å²) in [5.41, 5.74) is 3.53. The van der Waals surface area contributed by atoms with Gasteiger partial charge in [-0.05, 0) is 41.7 Å². The van der Waals surface area contributed by atoms with Crippen LogP contribution in [0.2, 0.25) is 0 Å². The quantitative estimate of drug-likeness (QED) is 0.570. The standard InChI is InChI=1S/C24H26NO2/c26-23(18-25-17-21-7-3-1-4-8-21)14-11-20-12-15-24(16-13-20)27-19-22-9-5-2-6-10-22/h1-10,12-16,23,25-26H,11,17-19H2/t23-/m1/s1. The van der Waals surface area contributed by atoms with E-state index in [4.69, 9.17) is 4.74 Å². The van der Waals surface area contributed by atoms with Crippen molar-refractivity contribution in [3.05, 3.63) is 108 Å². The zero-order chi connectivity index (χ0) is 18.7. The zero-order valence-electron chi connectivity index (χ0n) is 15.4. The molecule has 0 bridgehead atoms. The lowest BCUT2D eigenvalue weighted by Crippen LogP contribution is -2.27. The van der Waals surface area contributed by atoms with Crippen molar-refractivity contribution in [2.24, 2.45) is 0 Å². The minimum Gasteiger partial charge on any atom is -0.489 e. The Balaban J connectivity index is 1.35. The number of aliphatic hydroxyl groups excluding tert-OH is 1. The van der Waals surface area contributed by atoms with Gasteiger partial charge in [0.2, 0.25) is 0 Å². The fourth-order valence-electron chi connectivity index (χ4n) is 2.78. The van der Waals surface area contributed by atoms with E-state index in [2.05, 4.69) is 29.6 Å². The Morgan fingerprint density at radius 1 is 0.778 bits per heavy atom. The van der Waals surface area contributed by atoms with Crippen LogP contribution in [0.25, 0.3) is 0 Å². The third-order valence-electron chi connectivity index (χ3n) is 4.32. The molecule has 0 amide bonds. The summed E-state index contributed by atoms with van der Waals surface area (Å²) in [4.78, 5) is 0. The molecule has 2 N–H and O–H groups in total. The highest BCUT2D eigenvalue weighted by Crippen LogP contribution is 2.15. The van der Waals surface area contributed by atoms with Gasteiger partial charge in [0.15, 0.2) is 0 Å². The van der Waals surface area contributed by atoms with Crippen LogP contribution in [0, 0.1) is 6.42 Å². The molecule has 0 spiro atoms. The molecule has 1 atom stereocenters. The van der Waals surface area contributed by atoms with Crippen LogP contribution < -0.4 is 10.1 Å². The molecule has 0 heterocycles. The van der Waals surface area contributed by atoms with Crippen LogP contribution in [0.4, 0.5) is 0 Å². The third kappa shape index (κ3) is 6.89. The first-order valence-electron chi connectivity index (χ1n) is 9.31. The highest BCUT2D eigenvalue weighted by Gasteiger charge is 2.05. The van der Waals surface area contributed by atoms with Gasteiger partial charge in [-0.2, -0.15) is 0 Å². The summed E-state index contributed by atoms with van der Waals surface area (Å²) >= 11 is 0. The Labute approximate surface area is 161 Å². The highest BCUT2D eigenvalue weighted by atomic mass is 16.5. The fraction of sp³-hybridized carbons (Fsp3) is 0.208. The molecule has 0 aliphatic heterocycles. The maximum atomic E-state index is 10.1. The zero-order valence-corrected chi connectivity index (χ0v) is 15.4. The number of hydrogen-bond donors (Lipinski definition) is 2. The van der Waals surface area contributed by atoms with Gasteiger partial charge in [-0.3, -0.25) is 0 Å². The van der Waals surface area contributed by atoms with Crippen LogP contribution in [0.5, 0.6) is 5.75 Å². The second-order valence-corrected chi connectivity index (χ2v) is 6.54. The third-order valence-corrected chi connectivity index (χ3v) is 4.32. The van der Waals surface area contributed by atoms with Crippen molar-refractivity contribution in [3.63, 3.8) is 0 Å². The largest absolute Gasteiger partial charge is 0.489 e. The summed E-state index contributed by atoms with van der Waals surface area (Å²) in [6.07, 6.45) is 2.19. The second-order valence-electron chi connectivity index (χ2n) is 6.54. The number of aliphatic hydroxyl groups is 1. The van der Waals surface area contributed by atoms with Gasteiger partial charge in [0, 0.05) is 13.1 Å². The molecule has 0 unspecified atom stereocenters. The first-order chi connectivity index (χ1) is 13.3. The number of rotatable bonds is 10. The molecular formula is C24H26NO2. The number of benzene rings is 3. The lowest BCUT2D eigenvalue weighted by molar-refractivity contribution is 0.200. The maximum Gasteiger partial charge on any atom is 0.119 e. The molecule has 139 valence electrons. The van der Waals surface area contributed by atoms with Gasteiger partial charge in [0.25, 0.3) is 0 Å². The molecule has 27 heavy (non-hydrogen) atoms. The van der Waals surface area contributed by atoms with E-state index < -0.39 is 6.10 Å². The van der Waals surface area contributed by atoms with Crippen molar-refractivity contribution in [1.82, 2.24) is 5.32 Å². The Hall–Kier alpha value is -2.62. The van der Waals surface area contributed by atoms with Gasteiger partial charge in [0.1, 0.15) is 12.4 Å². The average molecular weight is 360 g/mol. The van der Waals surface area contributed by atoms with E-state index in [-0.39, 0.29) is 0 Å². The molecule has 0 saturated heterocycles. The molecule has 0 aliphatic carbocycles. The van der Waals surface area contributed by atoms with Gasteiger partial charge < -0.3 is 15.2 Å². The van der Waals surface area contributed by atoms with Gasteiger partial charge in [-0.1, -0.05) is 72.8 Å². The van der Waals surface area contributed by atoms with Gasteiger partial charge >= 0.3 is 0 Å². The molecule has 3 aromatic rings. The minimum atomic E-state index is -0.470. The summed E-state index contributed by atoms with van der Waals surface area (Å²) in [6.45, 7) is 1.88. The van der Waals surface area contributed by atoms with Crippen LogP contribution in [0.15, 0.2) is 84.9 Å². The monoisotopic (exact) mass is 360 g/mol. The molecule has 3 aromatic carbocycles. The summed E-state index contributed by atoms with van der Waals surface area (Å²) in [7, 11) is 0. The molecular weight excluding hydrogens is 334 g/mol. The summed E-state index contributed by atoms with van der Waals surface area (Å²) in [5, 5.41) is 13.4. The number of ether oxygens (including phenoxy) is 1. The molecule has 3 nitrogen and oxygen atoms in total. The van der Waals surface area contributed by atoms with Crippen molar-refractivity contribution in [1.29, 1.82) is 0 Å². The highest BCUT2D eigenvalue weighted by molar-refractivity contribution is 5.28. The SMILES string of the molecule is O[C@H]([CH]Cc1ccc(OCc2ccccc2)cc1)CNCc1ccccc1. The Kier molecular flexibility index (Phi) is 7.45. The Morgan fingerprint density at radius 3 is 2.07 bits per heavy atom. The van der Waals surface area contributed by atoms with Crippen molar-refractivity contribution in [2.75, 3.05) is 6.54 Å². The fourth-order valence-corrected chi connectivity index (χ4v) is 2.78. The van der Waals surface area contributed by atoms with Crippen LogP contribution >= 0.6 is 0 Å². The predicted molar refractivity (Wildman–Crippen MR) is 109 cm³/mol. The van der Waals surface area contributed by atoms with Gasteiger partial charge in [0.05, 0.1) is 6.10 Å². The van der Waals surface area contributed by atoms with Crippen LogP contribution in [-0.2, 0) is 19.6 Å². The molecule has 3 heteroatoms. The van der Waals surface area contributed by atoms with Crippen molar-refractivity contribution in [2.45, 2.75) is 25.7 Å². The van der Waals surface area contributed by atoms with Crippen LogP contribution in [0.1, 0.15) is 16.7 Å². The van der Waals surface area contributed by atoms with E-state index in [1.165, 1.54) is 5.56 Å². The average Bonchev–Trinajstić information content (AvgIpc) is 2.73. The molecule has 0 aromatic heterocycles. The predicted octanol–water partition coefficient (Wildman–Crippen LogP) is 4.16. The molecule has 3 rings (SSSR count). The molecule has 0 saturated carbocycles. The van der Waals surface area contributed by atoms with E-state index in [0.717, 1.165) is 29.8 Å². The van der Waals surface area contributed by atoms with Crippen molar-refractivity contribution in [3.8, 4) is 5.75 Å². The van der Waals surface area contributed by atoms with E-state index >= 15 is 0 Å². The number of hydrogen-bond acceptors (Lipinski definition) is 3. The smallest absolute Gasteiger partial charge is 0.119 e. The summed E-state index contributed by atoms with van der Waals surface area (Å²) < 4.78 is 5.80. The lowest BCUT2D eigenvalue weighted by atomic mass is 10.1. The van der Waals surface area contributed by atoms with Crippen molar-refractivity contribution >= 4 is 0 Å². The molecule has 1 radical (unpaired) electrons. The van der Waals surface area contributed by atoms with E-state index in [1.54, 1.807) is 0 Å².